The van der Waals surface area contributed by atoms with Crippen molar-refractivity contribution >= 4 is 42.2 Å². The van der Waals surface area contributed by atoms with Crippen LogP contribution < -0.4 is 10.6 Å². The first-order chi connectivity index (χ1) is 21.3. The largest absolute Gasteiger partial charge is 0.357 e. The Kier molecular flexibility index (Phi) is 9.79. The summed E-state index contributed by atoms with van der Waals surface area (Å²) in [6.45, 7) is 0.498. The summed E-state index contributed by atoms with van der Waals surface area (Å²) >= 11 is 4.52. The SMILES string of the molecule is CNC(=O)C(Cc1ccccc1)N1Cc2ccccc2CC(NC(=O)C(S)CCCCN2C(=O)c3ccccc3C2=O)C1=O. The first kappa shape index (κ1) is 31.0. The average molecular weight is 613 g/mol. The third kappa shape index (κ3) is 6.70. The van der Waals surface area contributed by atoms with Crippen LogP contribution in [0.1, 0.15) is 56.7 Å². The maximum atomic E-state index is 14.0. The first-order valence-corrected chi connectivity index (χ1v) is 15.4. The summed E-state index contributed by atoms with van der Waals surface area (Å²) in [4.78, 5) is 68.5. The van der Waals surface area contributed by atoms with Gasteiger partial charge in [0, 0.05) is 33.0 Å². The number of likely N-dealkylation sites (N-methyl/N-ethyl adjacent to an activating group) is 1. The molecule has 3 aromatic carbocycles. The molecule has 0 saturated heterocycles. The molecule has 5 rings (SSSR count). The number of rotatable bonds is 11. The molecule has 0 aliphatic carbocycles. The minimum Gasteiger partial charge on any atom is -0.357 e. The Morgan fingerprint density at radius 2 is 1.45 bits per heavy atom. The molecule has 2 heterocycles. The van der Waals surface area contributed by atoms with Crippen LogP contribution in [-0.2, 0) is 33.8 Å². The van der Waals surface area contributed by atoms with E-state index in [9.17, 15) is 24.0 Å². The van der Waals surface area contributed by atoms with Crippen molar-refractivity contribution in [3.05, 3.63) is 107 Å². The number of thiol groups is 1. The number of fused-ring (bicyclic) bond motifs is 2. The van der Waals surface area contributed by atoms with Gasteiger partial charge in [0.1, 0.15) is 12.1 Å². The number of amides is 5. The molecule has 9 nitrogen and oxygen atoms in total. The first-order valence-electron chi connectivity index (χ1n) is 14.8. The number of nitrogens with one attached hydrogen (secondary N) is 2. The Balaban J connectivity index is 1.23. The minimum atomic E-state index is -0.873. The predicted octanol–water partition coefficient (Wildman–Crippen LogP) is 3.18. The van der Waals surface area contributed by atoms with Gasteiger partial charge in [-0.15, -0.1) is 0 Å². The lowest BCUT2D eigenvalue weighted by atomic mass is 10.0. The molecule has 10 heteroatoms. The van der Waals surface area contributed by atoms with Crippen molar-refractivity contribution in [3.8, 4) is 0 Å². The van der Waals surface area contributed by atoms with Crippen LogP contribution in [0, 0.1) is 0 Å². The Morgan fingerprint density at radius 3 is 2.11 bits per heavy atom. The van der Waals surface area contributed by atoms with Crippen LogP contribution in [0.25, 0.3) is 0 Å². The van der Waals surface area contributed by atoms with E-state index in [1.165, 1.54) is 4.90 Å². The van der Waals surface area contributed by atoms with Gasteiger partial charge >= 0.3 is 0 Å². The Labute approximate surface area is 262 Å². The third-order valence-electron chi connectivity index (χ3n) is 8.27. The number of unbranched alkanes of at least 4 members (excludes halogenated alkanes) is 1. The second kappa shape index (κ2) is 13.9. The van der Waals surface area contributed by atoms with Gasteiger partial charge in [0.2, 0.25) is 17.7 Å². The maximum Gasteiger partial charge on any atom is 0.261 e. The maximum absolute atomic E-state index is 14.0. The van der Waals surface area contributed by atoms with Crippen molar-refractivity contribution in [2.45, 2.75) is 56.0 Å². The van der Waals surface area contributed by atoms with Crippen molar-refractivity contribution in [2.75, 3.05) is 13.6 Å². The van der Waals surface area contributed by atoms with Crippen LogP contribution in [0.5, 0.6) is 0 Å². The molecule has 0 bridgehead atoms. The molecule has 0 spiro atoms. The van der Waals surface area contributed by atoms with E-state index in [2.05, 4.69) is 23.3 Å². The van der Waals surface area contributed by atoms with Gasteiger partial charge in [0.15, 0.2) is 0 Å². The summed E-state index contributed by atoms with van der Waals surface area (Å²) in [6.07, 6.45) is 2.10. The summed E-state index contributed by atoms with van der Waals surface area (Å²) in [6, 6.07) is 22.3. The Morgan fingerprint density at radius 1 is 0.841 bits per heavy atom. The van der Waals surface area contributed by atoms with E-state index in [-0.39, 0.29) is 42.6 Å². The van der Waals surface area contributed by atoms with E-state index in [4.69, 9.17) is 0 Å². The highest BCUT2D eigenvalue weighted by atomic mass is 32.1. The number of carbonyl (C=O) groups is 5. The normalized spacial score (nSPS) is 17.4. The van der Waals surface area contributed by atoms with E-state index in [0.717, 1.165) is 16.7 Å². The molecular formula is C34H36N4O5S. The smallest absolute Gasteiger partial charge is 0.261 e. The lowest BCUT2D eigenvalue weighted by Crippen LogP contribution is -2.56. The van der Waals surface area contributed by atoms with E-state index >= 15 is 0 Å². The van der Waals surface area contributed by atoms with Gasteiger partial charge in [-0.3, -0.25) is 28.9 Å². The van der Waals surface area contributed by atoms with Gasteiger partial charge < -0.3 is 15.5 Å². The highest BCUT2D eigenvalue weighted by Crippen LogP contribution is 2.25. The van der Waals surface area contributed by atoms with Crippen molar-refractivity contribution in [1.82, 2.24) is 20.4 Å². The van der Waals surface area contributed by atoms with Crippen molar-refractivity contribution in [1.29, 1.82) is 0 Å². The zero-order chi connectivity index (χ0) is 31.2. The fourth-order valence-electron chi connectivity index (χ4n) is 5.85. The molecule has 0 fully saturated rings. The van der Waals surface area contributed by atoms with Crippen LogP contribution in [0.2, 0.25) is 0 Å². The molecule has 0 radical (unpaired) electrons. The zero-order valence-electron chi connectivity index (χ0n) is 24.6. The molecule has 3 aromatic rings. The van der Waals surface area contributed by atoms with Crippen LogP contribution in [-0.4, -0.2) is 70.3 Å². The molecule has 0 aromatic heterocycles. The number of hydrogen-bond acceptors (Lipinski definition) is 6. The molecule has 44 heavy (non-hydrogen) atoms. The van der Waals surface area contributed by atoms with E-state index in [1.807, 2.05) is 54.6 Å². The molecule has 3 unspecified atom stereocenters. The number of carbonyl (C=O) groups excluding carboxylic acids is 5. The monoisotopic (exact) mass is 612 g/mol. The standard InChI is InChI=1S/C34H36N4O5S/c1-35-30(39)28(19-22-11-3-2-4-12-22)38-21-24-14-6-5-13-23(24)20-27(34(38)43)36-31(40)29(44)17-9-10-18-37-32(41)25-15-7-8-16-26(25)33(37)42/h2-8,11-16,27-29,44H,9-10,17-21H2,1H3,(H,35,39)(H,36,40). The second-order valence-electron chi connectivity index (χ2n) is 11.1. The summed E-state index contributed by atoms with van der Waals surface area (Å²) in [7, 11) is 1.55. The highest BCUT2D eigenvalue weighted by molar-refractivity contribution is 7.81. The van der Waals surface area contributed by atoms with E-state index < -0.39 is 17.3 Å². The summed E-state index contributed by atoms with van der Waals surface area (Å²) < 4.78 is 0. The lowest BCUT2D eigenvalue weighted by Gasteiger charge is -2.32. The van der Waals surface area contributed by atoms with Crippen LogP contribution in [0.3, 0.4) is 0 Å². The quantitative estimate of drug-likeness (QED) is 0.175. The van der Waals surface area contributed by atoms with Crippen LogP contribution in [0.15, 0.2) is 78.9 Å². The summed E-state index contributed by atoms with van der Waals surface area (Å²) in [5.74, 6) is -1.59. The number of hydrogen-bond donors (Lipinski definition) is 3. The minimum absolute atomic E-state index is 0.244. The fourth-order valence-corrected chi connectivity index (χ4v) is 6.11. The molecular weight excluding hydrogens is 576 g/mol. The molecule has 0 saturated carbocycles. The lowest BCUT2D eigenvalue weighted by molar-refractivity contribution is -0.143. The predicted molar refractivity (Wildman–Crippen MR) is 169 cm³/mol. The third-order valence-corrected chi connectivity index (χ3v) is 8.76. The average Bonchev–Trinajstić information content (AvgIpc) is 3.19. The summed E-state index contributed by atoms with van der Waals surface area (Å²) in [5, 5.41) is 4.91. The molecule has 5 amide bonds. The molecule has 3 atom stereocenters. The number of nitrogens with zero attached hydrogens (tertiary/aromatic N) is 2. The van der Waals surface area contributed by atoms with Gasteiger partial charge in [-0.25, -0.2) is 0 Å². The second-order valence-corrected chi connectivity index (χ2v) is 11.8. The fraction of sp³-hybridized carbons (Fsp3) is 0.324. The van der Waals surface area contributed by atoms with Crippen LogP contribution in [0.4, 0.5) is 0 Å². The van der Waals surface area contributed by atoms with Crippen molar-refractivity contribution in [3.63, 3.8) is 0 Å². The molecule has 2 aliphatic heterocycles. The van der Waals surface area contributed by atoms with Crippen LogP contribution >= 0.6 is 12.6 Å². The van der Waals surface area contributed by atoms with E-state index in [0.29, 0.717) is 43.2 Å². The Bertz CT molecular complexity index is 1530. The van der Waals surface area contributed by atoms with Gasteiger partial charge in [0.05, 0.1) is 16.4 Å². The van der Waals surface area contributed by atoms with Crippen molar-refractivity contribution in [2.24, 2.45) is 0 Å². The topological polar surface area (TPSA) is 116 Å². The van der Waals surface area contributed by atoms with Gasteiger partial charge in [-0.2, -0.15) is 12.6 Å². The summed E-state index contributed by atoms with van der Waals surface area (Å²) in [5.41, 5.74) is 3.60. The Hall–Kier alpha value is -4.44. The molecule has 228 valence electrons. The molecule has 2 N–H and O–H groups in total. The van der Waals surface area contributed by atoms with Gasteiger partial charge in [-0.1, -0.05) is 73.2 Å². The van der Waals surface area contributed by atoms with Gasteiger partial charge in [0.25, 0.3) is 11.8 Å². The molecule has 2 aliphatic rings. The van der Waals surface area contributed by atoms with E-state index in [1.54, 1.807) is 36.2 Å². The highest BCUT2D eigenvalue weighted by Gasteiger charge is 2.38. The number of benzene rings is 3. The van der Waals surface area contributed by atoms with Crippen molar-refractivity contribution < 1.29 is 24.0 Å². The number of imide groups is 1. The zero-order valence-corrected chi connectivity index (χ0v) is 25.5. The van der Waals surface area contributed by atoms with Gasteiger partial charge in [-0.05, 0) is 41.7 Å².